The average Bonchev–Trinajstić information content (AvgIpc) is 2.56. The number of fused-ring (bicyclic) bond motifs is 1. The van der Waals surface area contributed by atoms with E-state index in [9.17, 15) is 9.59 Å². The molecule has 1 aromatic carbocycles. The molecule has 2 heterocycles. The van der Waals surface area contributed by atoms with E-state index in [1.54, 1.807) is 36.9 Å². The summed E-state index contributed by atoms with van der Waals surface area (Å²) in [6, 6.07) is 5.75. The van der Waals surface area contributed by atoms with Crippen molar-refractivity contribution < 1.29 is 14.3 Å². The van der Waals surface area contributed by atoms with Gasteiger partial charge in [0, 0.05) is 30.1 Å². The van der Waals surface area contributed by atoms with E-state index in [1.165, 1.54) is 0 Å². The summed E-state index contributed by atoms with van der Waals surface area (Å²) in [6.45, 7) is 8.03. The maximum Gasteiger partial charge on any atom is 0.270 e. The molecule has 0 saturated carbocycles. The molecule has 5 nitrogen and oxygen atoms in total. The molecular weight excluding hydrogens is 352 g/mol. The van der Waals surface area contributed by atoms with Gasteiger partial charge in [0.05, 0.1) is 5.69 Å². The van der Waals surface area contributed by atoms with Crippen LogP contribution in [0.15, 0.2) is 18.2 Å². The maximum absolute atomic E-state index is 12.9. The lowest BCUT2D eigenvalue weighted by Gasteiger charge is -2.41. The summed E-state index contributed by atoms with van der Waals surface area (Å²) in [5.74, 6) is 0.566. The molecule has 1 saturated heterocycles. The molecule has 2 aliphatic heterocycles. The normalized spacial score (nSPS) is 24.9. The van der Waals surface area contributed by atoms with Crippen LogP contribution in [-0.4, -0.2) is 40.9 Å². The predicted molar refractivity (Wildman–Crippen MR) is 103 cm³/mol. The number of rotatable bonds is 3. The highest BCUT2D eigenvalue weighted by molar-refractivity contribution is 6.31. The second-order valence-electron chi connectivity index (χ2n) is 7.86. The Morgan fingerprint density at radius 2 is 1.92 bits per heavy atom. The van der Waals surface area contributed by atoms with Crippen molar-refractivity contribution >= 4 is 29.1 Å². The van der Waals surface area contributed by atoms with Gasteiger partial charge in [0.25, 0.3) is 5.91 Å². The fourth-order valence-corrected chi connectivity index (χ4v) is 4.18. The number of ether oxygens (including phenoxy) is 1. The highest BCUT2D eigenvalue weighted by Gasteiger charge is 2.41. The molecule has 142 valence electrons. The van der Waals surface area contributed by atoms with Crippen molar-refractivity contribution in [2.24, 2.45) is 0 Å². The molecule has 6 heteroatoms. The fourth-order valence-electron chi connectivity index (χ4n) is 4.01. The van der Waals surface area contributed by atoms with Crippen LogP contribution in [-0.2, 0) is 9.59 Å². The smallest absolute Gasteiger partial charge is 0.270 e. The molecule has 2 atom stereocenters. The van der Waals surface area contributed by atoms with Crippen LogP contribution < -0.4 is 9.64 Å². The van der Waals surface area contributed by atoms with Crippen molar-refractivity contribution in [1.29, 1.82) is 0 Å². The number of amides is 2. The number of benzene rings is 1. The molecule has 2 amide bonds. The van der Waals surface area contributed by atoms with E-state index in [2.05, 4.69) is 13.8 Å². The number of likely N-dealkylation sites (tertiary alicyclic amines) is 1. The second-order valence-corrected chi connectivity index (χ2v) is 8.30. The van der Waals surface area contributed by atoms with Crippen molar-refractivity contribution in [3.05, 3.63) is 23.2 Å². The summed E-state index contributed by atoms with van der Waals surface area (Å²) in [6.07, 6.45) is 3.53. The molecule has 26 heavy (non-hydrogen) atoms. The molecule has 1 fully saturated rings. The van der Waals surface area contributed by atoms with Crippen LogP contribution in [0.4, 0.5) is 5.69 Å². The van der Waals surface area contributed by atoms with Gasteiger partial charge in [0.2, 0.25) is 5.91 Å². The van der Waals surface area contributed by atoms with Crippen molar-refractivity contribution in [2.75, 3.05) is 11.4 Å². The van der Waals surface area contributed by atoms with Gasteiger partial charge < -0.3 is 14.5 Å². The molecule has 0 bridgehead atoms. The number of hydrogen-bond donors (Lipinski definition) is 0. The minimum Gasteiger partial charge on any atom is -0.476 e. The molecular formula is C20H27ClN2O3. The molecule has 2 aliphatic rings. The topological polar surface area (TPSA) is 49.9 Å². The standard InChI is InChI=1S/C20H27ClN2O3/c1-13-6-5-7-14(2)23(13)18(24)10-11-22-16-12-15(21)8-9-17(16)26-20(3,4)19(22)25/h8-9,12-14H,5-7,10-11H2,1-4H3. The van der Waals surface area contributed by atoms with Crippen LogP contribution in [0.3, 0.4) is 0 Å². The number of hydrogen-bond acceptors (Lipinski definition) is 3. The summed E-state index contributed by atoms with van der Waals surface area (Å²) in [5.41, 5.74) is -0.329. The van der Waals surface area contributed by atoms with Crippen LogP contribution in [0.2, 0.25) is 5.02 Å². The van der Waals surface area contributed by atoms with Gasteiger partial charge in [0.1, 0.15) is 5.75 Å². The largest absolute Gasteiger partial charge is 0.476 e. The van der Waals surface area contributed by atoms with E-state index in [-0.39, 0.29) is 23.9 Å². The van der Waals surface area contributed by atoms with Gasteiger partial charge in [-0.15, -0.1) is 0 Å². The number of anilines is 1. The first-order chi connectivity index (χ1) is 12.2. The van der Waals surface area contributed by atoms with Crippen molar-refractivity contribution in [3.63, 3.8) is 0 Å². The van der Waals surface area contributed by atoms with Crippen LogP contribution in [0, 0.1) is 0 Å². The van der Waals surface area contributed by atoms with Gasteiger partial charge in [-0.05, 0) is 65.2 Å². The third-order valence-corrected chi connectivity index (χ3v) is 5.60. The van der Waals surface area contributed by atoms with E-state index in [1.807, 2.05) is 4.90 Å². The van der Waals surface area contributed by atoms with Gasteiger partial charge in [0.15, 0.2) is 5.60 Å². The van der Waals surface area contributed by atoms with Crippen molar-refractivity contribution in [2.45, 2.75) is 71.1 Å². The number of nitrogens with zero attached hydrogens (tertiary/aromatic N) is 2. The Morgan fingerprint density at radius 1 is 1.27 bits per heavy atom. The zero-order chi connectivity index (χ0) is 19.1. The molecule has 2 unspecified atom stereocenters. The number of halogens is 1. The van der Waals surface area contributed by atoms with Gasteiger partial charge in [-0.3, -0.25) is 9.59 Å². The third-order valence-electron chi connectivity index (χ3n) is 5.37. The Bertz CT molecular complexity index is 709. The van der Waals surface area contributed by atoms with Crippen molar-refractivity contribution in [3.8, 4) is 5.75 Å². The fraction of sp³-hybridized carbons (Fsp3) is 0.600. The van der Waals surface area contributed by atoms with E-state index < -0.39 is 5.60 Å². The quantitative estimate of drug-likeness (QED) is 0.798. The van der Waals surface area contributed by atoms with E-state index >= 15 is 0 Å². The monoisotopic (exact) mass is 378 g/mol. The van der Waals surface area contributed by atoms with Crippen LogP contribution in [0.1, 0.15) is 53.4 Å². The Kier molecular flexibility index (Phi) is 5.20. The van der Waals surface area contributed by atoms with Gasteiger partial charge in [-0.1, -0.05) is 11.6 Å². The Labute approximate surface area is 160 Å². The summed E-state index contributed by atoms with van der Waals surface area (Å²) in [7, 11) is 0. The molecule has 1 aromatic rings. The lowest BCUT2D eigenvalue weighted by molar-refractivity contribution is -0.137. The molecule has 0 aliphatic carbocycles. The Balaban J connectivity index is 1.79. The number of carbonyl (C=O) groups is 2. The first-order valence-corrected chi connectivity index (χ1v) is 9.70. The van der Waals surface area contributed by atoms with E-state index in [0.29, 0.717) is 29.4 Å². The summed E-state index contributed by atoms with van der Waals surface area (Å²) in [5, 5.41) is 0.537. The highest BCUT2D eigenvalue weighted by Crippen LogP contribution is 2.39. The van der Waals surface area contributed by atoms with Crippen LogP contribution in [0.5, 0.6) is 5.75 Å². The lowest BCUT2D eigenvalue weighted by atomic mass is 9.97. The molecule has 0 aromatic heterocycles. The third kappa shape index (κ3) is 3.54. The minimum atomic E-state index is -0.963. The summed E-state index contributed by atoms with van der Waals surface area (Å²) in [4.78, 5) is 29.3. The van der Waals surface area contributed by atoms with Crippen LogP contribution >= 0.6 is 11.6 Å². The first-order valence-electron chi connectivity index (χ1n) is 9.32. The van der Waals surface area contributed by atoms with E-state index in [0.717, 1.165) is 19.3 Å². The van der Waals surface area contributed by atoms with E-state index in [4.69, 9.17) is 16.3 Å². The maximum atomic E-state index is 12.9. The summed E-state index contributed by atoms with van der Waals surface area (Å²) < 4.78 is 5.83. The number of piperidine rings is 1. The van der Waals surface area contributed by atoms with Gasteiger partial charge >= 0.3 is 0 Å². The van der Waals surface area contributed by atoms with Crippen molar-refractivity contribution in [1.82, 2.24) is 4.90 Å². The zero-order valence-corrected chi connectivity index (χ0v) is 16.7. The number of carbonyl (C=O) groups excluding carboxylic acids is 2. The average molecular weight is 379 g/mol. The van der Waals surface area contributed by atoms with Crippen LogP contribution in [0.25, 0.3) is 0 Å². The second kappa shape index (κ2) is 7.10. The highest BCUT2D eigenvalue weighted by atomic mass is 35.5. The predicted octanol–water partition coefficient (Wildman–Crippen LogP) is 4.02. The SMILES string of the molecule is CC1CCCC(C)N1C(=O)CCN1C(=O)C(C)(C)Oc2ccc(Cl)cc21. The summed E-state index contributed by atoms with van der Waals surface area (Å²) >= 11 is 6.11. The molecule has 0 spiro atoms. The first kappa shape index (κ1) is 19.0. The van der Waals surface area contributed by atoms with Gasteiger partial charge in [-0.25, -0.2) is 0 Å². The minimum absolute atomic E-state index is 0.102. The lowest BCUT2D eigenvalue weighted by Crippen LogP contribution is -2.54. The molecule has 0 N–H and O–H groups in total. The van der Waals surface area contributed by atoms with Gasteiger partial charge in [-0.2, -0.15) is 0 Å². The Morgan fingerprint density at radius 3 is 2.58 bits per heavy atom. The molecule has 3 rings (SSSR count). The molecule has 0 radical (unpaired) electrons. The Hall–Kier alpha value is -1.75. The zero-order valence-electron chi connectivity index (χ0n) is 15.9.